The molecule has 1 atom stereocenters. The minimum Gasteiger partial charge on any atom is -0.283 e. The Morgan fingerprint density at radius 1 is 1.31 bits per heavy atom. The van der Waals surface area contributed by atoms with E-state index in [-0.39, 0.29) is 0 Å². The first-order valence-corrected chi connectivity index (χ1v) is 5.37. The van der Waals surface area contributed by atoms with E-state index in [9.17, 15) is 0 Å². The summed E-state index contributed by atoms with van der Waals surface area (Å²) in [7, 11) is 0. The second-order valence-corrected chi connectivity index (χ2v) is 4.61. The molecular formula is C11H23N2+. The third kappa shape index (κ3) is 2.53. The van der Waals surface area contributed by atoms with Crippen molar-refractivity contribution in [3.63, 3.8) is 0 Å². The maximum absolute atomic E-state index is 2.54. The highest BCUT2D eigenvalue weighted by atomic mass is 15.2. The summed E-state index contributed by atoms with van der Waals surface area (Å²) >= 11 is 0. The highest BCUT2D eigenvalue weighted by Crippen LogP contribution is 2.09. The van der Waals surface area contributed by atoms with Crippen molar-refractivity contribution in [2.75, 3.05) is 13.1 Å². The van der Waals surface area contributed by atoms with Gasteiger partial charge in [0, 0.05) is 6.04 Å². The van der Waals surface area contributed by atoms with Gasteiger partial charge in [0.2, 0.25) is 0 Å². The molecule has 0 N–H and O–H groups in total. The fourth-order valence-electron chi connectivity index (χ4n) is 2.01. The summed E-state index contributed by atoms with van der Waals surface area (Å²) < 4.78 is 2.45. The van der Waals surface area contributed by atoms with Crippen molar-refractivity contribution in [3.05, 3.63) is 0 Å². The second-order valence-electron chi connectivity index (χ2n) is 4.61. The molecule has 0 aliphatic carbocycles. The Bertz CT molecular complexity index is 194. The Labute approximate surface area is 82.2 Å². The van der Waals surface area contributed by atoms with E-state index < -0.39 is 0 Å². The predicted molar refractivity (Wildman–Crippen MR) is 57.6 cm³/mol. The first-order valence-electron chi connectivity index (χ1n) is 5.37. The molecule has 13 heavy (non-hydrogen) atoms. The van der Waals surface area contributed by atoms with E-state index >= 15 is 0 Å². The lowest BCUT2D eigenvalue weighted by atomic mass is 10.1. The van der Waals surface area contributed by atoms with Gasteiger partial charge >= 0.3 is 0 Å². The first kappa shape index (κ1) is 10.7. The van der Waals surface area contributed by atoms with Crippen molar-refractivity contribution in [3.8, 4) is 0 Å². The van der Waals surface area contributed by atoms with Crippen molar-refractivity contribution in [1.82, 2.24) is 4.90 Å². The molecule has 0 spiro atoms. The highest BCUT2D eigenvalue weighted by Gasteiger charge is 2.26. The van der Waals surface area contributed by atoms with Crippen LogP contribution < -0.4 is 0 Å². The standard InChI is InChI=1S/C11H23N2/c1-9(2)12-6-7-13(10(3)4)11(5)8-12/h6,9-11H,7-8H2,1-5H3/q+1. The van der Waals surface area contributed by atoms with Gasteiger partial charge in [-0.05, 0) is 34.6 Å². The largest absolute Gasteiger partial charge is 0.283 e. The van der Waals surface area contributed by atoms with E-state index in [4.69, 9.17) is 0 Å². The van der Waals surface area contributed by atoms with Crippen LogP contribution in [0.3, 0.4) is 0 Å². The zero-order valence-corrected chi connectivity index (χ0v) is 9.62. The third-order valence-electron chi connectivity index (χ3n) is 2.89. The van der Waals surface area contributed by atoms with Gasteiger partial charge < -0.3 is 0 Å². The lowest BCUT2D eigenvalue weighted by molar-refractivity contribution is -0.565. The van der Waals surface area contributed by atoms with Crippen LogP contribution in [-0.4, -0.2) is 46.9 Å². The van der Waals surface area contributed by atoms with Gasteiger partial charge in [-0.15, -0.1) is 0 Å². The molecule has 1 unspecified atom stereocenters. The van der Waals surface area contributed by atoms with Crippen molar-refractivity contribution in [2.24, 2.45) is 0 Å². The minimum absolute atomic E-state index is 0.650. The first-order chi connectivity index (χ1) is 6.02. The summed E-state index contributed by atoms with van der Waals surface area (Å²) in [6.45, 7) is 13.7. The van der Waals surface area contributed by atoms with Crippen LogP contribution in [0.1, 0.15) is 34.6 Å². The van der Waals surface area contributed by atoms with Crippen molar-refractivity contribution in [2.45, 2.75) is 52.7 Å². The fraction of sp³-hybridized carbons (Fsp3) is 0.909. The molecule has 2 heteroatoms. The van der Waals surface area contributed by atoms with Crippen LogP contribution in [0.4, 0.5) is 0 Å². The SMILES string of the molecule is CC(C)N1CC=[N+](C(C)C)CC1C. The van der Waals surface area contributed by atoms with Gasteiger partial charge in [-0.1, -0.05) is 0 Å². The average molecular weight is 183 g/mol. The number of hydrogen-bond acceptors (Lipinski definition) is 1. The van der Waals surface area contributed by atoms with E-state index in [0.717, 1.165) is 6.54 Å². The van der Waals surface area contributed by atoms with Gasteiger partial charge in [-0.25, -0.2) is 4.58 Å². The molecule has 0 fully saturated rings. The summed E-state index contributed by atoms with van der Waals surface area (Å²) in [5, 5.41) is 0. The molecule has 0 aromatic carbocycles. The molecule has 1 aliphatic rings. The monoisotopic (exact) mass is 183 g/mol. The van der Waals surface area contributed by atoms with Crippen molar-refractivity contribution in [1.29, 1.82) is 0 Å². The molecule has 0 bridgehead atoms. The lowest BCUT2D eigenvalue weighted by Crippen LogP contribution is -2.50. The molecular weight excluding hydrogens is 160 g/mol. The van der Waals surface area contributed by atoms with E-state index in [0.29, 0.717) is 18.1 Å². The topological polar surface area (TPSA) is 6.25 Å². The van der Waals surface area contributed by atoms with E-state index in [1.165, 1.54) is 6.54 Å². The average Bonchev–Trinajstić information content (AvgIpc) is 2.03. The van der Waals surface area contributed by atoms with Gasteiger partial charge in [0.1, 0.15) is 6.04 Å². The quantitative estimate of drug-likeness (QED) is 0.589. The zero-order valence-electron chi connectivity index (χ0n) is 9.62. The summed E-state index contributed by atoms with van der Waals surface area (Å²) in [5.74, 6) is 0. The normalized spacial score (nSPS) is 25.5. The van der Waals surface area contributed by atoms with Gasteiger partial charge in [-0.2, -0.15) is 0 Å². The predicted octanol–water partition coefficient (Wildman–Crippen LogP) is 1.59. The summed E-state index contributed by atoms with van der Waals surface area (Å²) in [6.07, 6.45) is 2.34. The van der Waals surface area contributed by atoms with Crippen LogP contribution in [0.2, 0.25) is 0 Å². The number of nitrogens with zero attached hydrogens (tertiary/aromatic N) is 2. The molecule has 0 radical (unpaired) electrons. The van der Waals surface area contributed by atoms with Gasteiger partial charge in [-0.3, -0.25) is 4.90 Å². The fourth-order valence-corrected chi connectivity index (χ4v) is 2.01. The molecule has 0 aromatic heterocycles. The highest BCUT2D eigenvalue weighted by molar-refractivity contribution is 5.54. The number of hydrogen-bond donors (Lipinski definition) is 0. The van der Waals surface area contributed by atoms with Gasteiger partial charge in [0.05, 0.1) is 12.6 Å². The van der Waals surface area contributed by atoms with E-state index in [1.807, 2.05) is 0 Å². The second kappa shape index (κ2) is 4.23. The third-order valence-corrected chi connectivity index (χ3v) is 2.89. The Hall–Kier alpha value is -0.370. The molecule has 0 amide bonds. The molecule has 76 valence electrons. The van der Waals surface area contributed by atoms with Crippen molar-refractivity contribution < 1.29 is 4.58 Å². The van der Waals surface area contributed by atoms with Crippen LogP contribution in [-0.2, 0) is 0 Å². The Morgan fingerprint density at radius 2 is 1.92 bits per heavy atom. The van der Waals surface area contributed by atoms with Crippen LogP contribution in [0.15, 0.2) is 0 Å². The zero-order chi connectivity index (χ0) is 10.0. The van der Waals surface area contributed by atoms with Crippen LogP contribution in [0, 0.1) is 0 Å². The Balaban J connectivity index is 2.63. The summed E-state index contributed by atoms with van der Waals surface area (Å²) in [6, 6.07) is 2.00. The lowest BCUT2D eigenvalue weighted by Gasteiger charge is -2.33. The van der Waals surface area contributed by atoms with Crippen LogP contribution >= 0.6 is 0 Å². The van der Waals surface area contributed by atoms with Crippen molar-refractivity contribution >= 4 is 6.21 Å². The van der Waals surface area contributed by atoms with Gasteiger partial charge in [0.25, 0.3) is 0 Å². The van der Waals surface area contributed by atoms with E-state index in [2.05, 4.69) is 50.3 Å². The molecule has 1 heterocycles. The summed E-state index contributed by atoms with van der Waals surface area (Å²) in [4.78, 5) is 2.54. The maximum atomic E-state index is 2.54. The molecule has 1 rings (SSSR count). The molecule has 0 saturated carbocycles. The smallest absolute Gasteiger partial charge is 0.158 e. The minimum atomic E-state index is 0.650. The molecule has 0 saturated heterocycles. The van der Waals surface area contributed by atoms with Crippen LogP contribution in [0.5, 0.6) is 0 Å². The summed E-state index contributed by atoms with van der Waals surface area (Å²) in [5.41, 5.74) is 0. The molecule has 1 aliphatic heterocycles. The molecule has 0 aromatic rings. The Morgan fingerprint density at radius 3 is 2.31 bits per heavy atom. The Kier molecular flexibility index (Phi) is 3.48. The van der Waals surface area contributed by atoms with Crippen LogP contribution in [0.25, 0.3) is 0 Å². The van der Waals surface area contributed by atoms with Gasteiger partial charge in [0.15, 0.2) is 12.8 Å². The maximum Gasteiger partial charge on any atom is 0.158 e. The number of rotatable bonds is 2. The molecule has 2 nitrogen and oxygen atoms in total. The van der Waals surface area contributed by atoms with E-state index in [1.54, 1.807) is 0 Å².